The van der Waals surface area contributed by atoms with Crippen molar-refractivity contribution in [1.82, 2.24) is 5.32 Å². The Hall–Kier alpha value is -0.860. The van der Waals surface area contributed by atoms with Crippen molar-refractivity contribution in [1.29, 1.82) is 0 Å². The highest BCUT2D eigenvalue weighted by atomic mass is 16.3. The number of hydrogen-bond donors (Lipinski definition) is 2. The summed E-state index contributed by atoms with van der Waals surface area (Å²) in [5, 5.41) is 12.4. The van der Waals surface area contributed by atoms with Gasteiger partial charge in [-0.05, 0) is 36.6 Å². The molecule has 0 unspecified atom stereocenters. The van der Waals surface area contributed by atoms with Crippen LogP contribution in [0.15, 0.2) is 35.5 Å². The van der Waals surface area contributed by atoms with Crippen LogP contribution in [0.5, 0.6) is 0 Å². The SMILES string of the molecule is C=C/C(CO)=C1/CNCC/C1=C/C. The van der Waals surface area contributed by atoms with Crippen molar-refractivity contribution < 1.29 is 5.11 Å². The molecule has 1 aliphatic heterocycles. The summed E-state index contributed by atoms with van der Waals surface area (Å²) in [6.45, 7) is 7.70. The molecule has 0 aromatic heterocycles. The van der Waals surface area contributed by atoms with Gasteiger partial charge in [0.25, 0.3) is 0 Å². The number of aliphatic hydroxyl groups excluding tert-OH is 1. The monoisotopic (exact) mass is 179 g/mol. The highest BCUT2D eigenvalue weighted by Gasteiger charge is 2.12. The molecule has 0 radical (unpaired) electrons. The van der Waals surface area contributed by atoms with E-state index in [2.05, 4.69) is 18.0 Å². The Bertz CT molecular complexity index is 251. The van der Waals surface area contributed by atoms with Crippen molar-refractivity contribution in [2.45, 2.75) is 13.3 Å². The van der Waals surface area contributed by atoms with E-state index in [0.717, 1.165) is 25.1 Å². The van der Waals surface area contributed by atoms with Crippen LogP contribution in [0.3, 0.4) is 0 Å². The van der Waals surface area contributed by atoms with Gasteiger partial charge in [-0.15, -0.1) is 0 Å². The molecule has 0 saturated carbocycles. The van der Waals surface area contributed by atoms with Gasteiger partial charge in [0.15, 0.2) is 0 Å². The Balaban J connectivity index is 2.97. The molecule has 1 heterocycles. The van der Waals surface area contributed by atoms with Crippen molar-refractivity contribution in [3.05, 3.63) is 35.5 Å². The predicted octanol–water partition coefficient (Wildman–Crippen LogP) is 1.40. The fraction of sp³-hybridized carbons (Fsp3) is 0.455. The quantitative estimate of drug-likeness (QED) is 0.671. The van der Waals surface area contributed by atoms with Gasteiger partial charge < -0.3 is 10.4 Å². The largest absolute Gasteiger partial charge is 0.392 e. The van der Waals surface area contributed by atoms with Gasteiger partial charge in [0, 0.05) is 6.54 Å². The third-order valence-electron chi connectivity index (χ3n) is 2.41. The smallest absolute Gasteiger partial charge is 0.0684 e. The lowest BCUT2D eigenvalue weighted by Crippen LogP contribution is -2.26. The molecule has 0 atom stereocenters. The summed E-state index contributed by atoms with van der Waals surface area (Å²) in [6, 6.07) is 0. The Labute approximate surface area is 79.7 Å². The second kappa shape index (κ2) is 5.00. The van der Waals surface area contributed by atoms with Gasteiger partial charge in [0.05, 0.1) is 6.61 Å². The molecule has 0 aliphatic carbocycles. The summed E-state index contributed by atoms with van der Waals surface area (Å²) in [5.41, 5.74) is 3.49. The summed E-state index contributed by atoms with van der Waals surface area (Å²) >= 11 is 0. The second-order valence-electron chi connectivity index (χ2n) is 3.11. The maximum absolute atomic E-state index is 9.11. The Morgan fingerprint density at radius 3 is 3.00 bits per heavy atom. The van der Waals surface area contributed by atoms with E-state index < -0.39 is 0 Å². The molecule has 0 aromatic rings. The second-order valence-corrected chi connectivity index (χ2v) is 3.11. The van der Waals surface area contributed by atoms with E-state index >= 15 is 0 Å². The van der Waals surface area contributed by atoms with Crippen LogP contribution in [0.25, 0.3) is 0 Å². The third-order valence-corrected chi connectivity index (χ3v) is 2.41. The number of nitrogens with one attached hydrogen (secondary N) is 1. The molecule has 0 aromatic carbocycles. The van der Waals surface area contributed by atoms with Crippen molar-refractivity contribution in [2.24, 2.45) is 0 Å². The maximum atomic E-state index is 9.11. The Kier molecular flexibility index (Phi) is 3.93. The molecule has 13 heavy (non-hydrogen) atoms. The van der Waals surface area contributed by atoms with Crippen molar-refractivity contribution in [3.63, 3.8) is 0 Å². The van der Waals surface area contributed by atoms with E-state index in [9.17, 15) is 0 Å². The van der Waals surface area contributed by atoms with Crippen LogP contribution in [0.4, 0.5) is 0 Å². The average Bonchev–Trinajstić information content (AvgIpc) is 2.20. The molecule has 0 spiro atoms. The molecule has 1 rings (SSSR count). The lowest BCUT2D eigenvalue weighted by Gasteiger charge is -2.21. The normalized spacial score (nSPS) is 24.6. The van der Waals surface area contributed by atoms with Gasteiger partial charge >= 0.3 is 0 Å². The van der Waals surface area contributed by atoms with Crippen LogP contribution in [0, 0.1) is 0 Å². The van der Waals surface area contributed by atoms with Gasteiger partial charge in [-0.2, -0.15) is 0 Å². The zero-order valence-corrected chi connectivity index (χ0v) is 8.14. The zero-order chi connectivity index (χ0) is 9.68. The summed E-state index contributed by atoms with van der Waals surface area (Å²) in [6.07, 6.45) is 4.91. The molecule has 1 fully saturated rings. The van der Waals surface area contributed by atoms with E-state index in [1.807, 2.05) is 6.92 Å². The van der Waals surface area contributed by atoms with E-state index in [1.54, 1.807) is 6.08 Å². The highest BCUT2D eigenvalue weighted by molar-refractivity contribution is 5.42. The first kappa shape index (κ1) is 10.2. The van der Waals surface area contributed by atoms with E-state index in [0.29, 0.717) is 0 Å². The molecule has 2 nitrogen and oxygen atoms in total. The van der Waals surface area contributed by atoms with Crippen molar-refractivity contribution in [3.8, 4) is 0 Å². The van der Waals surface area contributed by atoms with Gasteiger partial charge in [0.1, 0.15) is 0 Å². The summed E-state index contributed by atoms with van der Waals surface area (Å²) in [7, 11) is 0. The molecule has 72 valence electrons. The summed E-state index contributed by atoms with van der Waals surface area (Å²) < 4.78 is 0. The van der Waals surface area contributed by atoms with Gasteiger partial charge in [-0.25, -0.2) is 0 Å². The highest BCUT2D eigenvalue weighted by Crippen LogP contribution is 2.20. The Morgan fingerprint density at radius 2 is 2.46 bits per heavy atom. The number of piperidine rings is 1. The predicted molar refractivity (Wildman–Crippen MR) is 55.6 cm³/mol. The number of hydrogen-bond acceptors (Lipinski definition) is 2. The van der Waals surface area contributed by atoms with Crippen LogP contribution in [0.2, 0.25) is 0 Å². The molecule has 1 saturated heterocycles. The standard InChI is InChI=1S/C11H17NO/c1-3-9-5-6-12-7-11(9)10(4-2)8-13/h3-4,12-13H,2,5-8H2,1H3/b9-3-,11-10+. The minimum Gasteiger partial charge on any atom is -0.392 e. The Morgan fingerprint density at radius 1 is 1.69 bits per heavy atom. The van der Waals surface area contributed by atoms with E-state index in [1.165, 1.54) is 11.1 Å². The molecule has 2 N–H and O–H groups in total. The topological polar surface area (TPSA) is 32.3 Å². The number of rotatable bonds is 2. The van der Waals surface area contributed by atoms with Crippen molar-refractivity contribution >= 4 is 0 Å². The van der Waals surface area contributed by atoms with Crippen LogP contribution in [-0.2, 0) is 0 Å². The lowest BCUT2D eigenvalue weighted by molar-refractivity contribution is 0.333. The molecule has 1 aliphatic rings. The van der Waals surface area contributed by atoms with Crippen LogP contribution >= 0.6 is 0 Å². The molecule has 0 amide bonds. The van der Waals surface area contributed by atoms with Gasteiger partial charge in [0.2, 0.25) is 0 Å². The molecule has 2 heteroatoms. The van der Waals surface area contributed by atoms with E-state index in [4.69, 9.17) is 5.11 Å². The first-order valence-electron chi connectivity index (χ1n) is 4.65. The molecular weight excluding hydrogens is 162 g/mol. The average molecular weight is 179 g/mol. The van der Waals surface area contributed by atoms with Gasteiger partial charge in [-0.3, -0.25) is 0 Å². The van der Waals surface area contributed by atoms with Crippen LogP contribution in [0.1, 0.15) is 13.3 Å². The fourth-order valence-corrected chi connectivity index (χ4v) is 1.62. The van der Waals surface area contributed by atoms with Gasteiger partial charge in [-0.1, -0.05) is 18.7 Å². The maximum Gasteiger partial charge on any atom is 0.0684 e. The molecule has 0 bridgehead atoms. The third kappa shape index (κ3) is 2.29. The minimum absolute atomic E-state index is 0.0812. The first-order chi connectivity index (χ1) is 6.33. The summed E-state index contributed by atoms with van der Waals surface area (Å²) in [5.74, 6) is 0. The fourth-order valence-electron chi connectivity index (χ4n) is 1.62. The zero-order valence-electron chi connectivity index (χ0n) is 8.14. The van der Waals surface area contributed by atoms with E-state index in [-0.39, 0.29) is 6.61 Å². The number of aliphatic hydroxyl groups is 1. The van der Waals surface area contributed by atoms with Crippen LogP contribution < -0.4 is 5.32 Å². The van der Waals surface area contributed by atoms with Crippen LogP contribution in [-0.4, -0.2) is 24.8 Å². The first-order valence-corrected chi connectivity index (χ1v) is 4.65. The van der Waals surface area contributed by atoms with Crippen molar-refractivity contribution in [2.75, 3.05) is 19.7 Å². The lowest BCUT2D eigenvalue weighted by atomic mass is 9.94. The number of allylic oxidation sites excluding steroid dienone is 1. The summed E-state index contributed by atoms with van der Waals surface area (Å²) in [4.78, 5) is 0. The minimum atomic E-state index is 0.0812. The molecular formula is C11H17NO.